The Labute approximate surface area is 117 Å². The van der Waals surface area contributed by atoms with Crippen LogP contribution >= 0.6 is 0 Å². The van der Waals surface area contributed by atoms with Gasteiger partial charge < -0.3 is 5.32 Å². The number of urea groups is 1. The molecule has 1 atom stereocenters. The summed E-state index contributed by atoms with van der Waals surface area (Å²) >= 11 is 0. The Bertz CT molecular complexity index is 748. The molecule has 20 heavy (non-hydrogen) atoms. The maximum atomic E-state index is 12.4. The van der Waals surface area contributed by atoms with Crippen molar-refractivity contribution in [2.24, 2.45) is 0 Å². The summed E-state index contributed by atoms with van der Waals surface area (Å²) < 4.78 is 0. The third-order valence-electron chi connectivity index (χ3n) is 3.96. The van der Waals surface area contributed by atoms with Crippen molar-refractivity contribution in [3.63, 3.8) is 0 Å². The van der Waals surface area contributed by atoms with Crippen LogP contribution in [0.5, 0.6) is 0 Å². The predicted molar refractivity (Wildman–Crippen MR) is 80.8 cm³/mol. The molecule has 3 heteroatoms. The molecule has 0 saturated heterocycles. The zero-order chi connectivity index (χ0) is 13.7. The Morgan fingerprint density at radius 3 is 2.70 bits per heavy atom. The van der Waals surface area contributed by atoms with Gasteiger partial charge in [0.05, 0.1) is 17.1 Å². The molecule has 3 nitrogen and oxygen atoms in total. The summed E-state index contributed by atoms with van der Waals surface area (Å²) in [7, 11) is 0. The molecule has 98 valence electrons. The van der Waals surface area contributed by atoms with E-state index in [0.717, 1.165) is 22.6 Å². The van der Waals surface area contributed by atoms with Crippen LogP contribution in [0.2, 0.25) is 0 Å². The highest BCUT2D eigenvalue weighted by atomic mass is 16.2. The first-order chi connectivity index (χ1) is 9.75. The molecule has 1 N–H and O–H groups in total. The van der Waals surface area contributed by atoms with Crippen molar-refractivity contribution < 1.29 is 4.79 Å². The average Bonchev–Trinajstić information content (AvgIpc) is 2.47. The number of anilines is 2. The van der Waals surface area contributed by atoms with Crippen LogP contribution in [0.15, 0.2) is 54.6 Å². The summed E-state index contributed by atoms with van der Waals surface area (Å²) in [5, 5.41) is 2.96. The second-order valence-electron chi connectivity index (χ2n) is 5.21. The predicted octanol–water partition coefficient (Wildman–Crippen LogP) is 4.20. The lowest BCUT2D eigenvalue weighted by molar-refractivity contribution is 0.258. The van der Waals surface area contributed by atoms with Crippen LogP contribution in [-0.4, -0.2) is 6.03 Å². The quantitative estimate of drug-likeness (QED) is 0.758. The largest absolute Gasteiger partial charge is 0.330 e. The van der Waals surface area contributed by atoms with Gasteiger partial charge in [0.25, 0.3) is 0 Å². The van der Waals surface area contributed by atoms with E-state index in [1.807, 2.05) is 42.5 Å². The molecular formula is C17H14N2O. The topological polar surface area (TPSA) is 32.3 Å². The first-order valence-corrected chi connectivity index (χ1v) is 6.77. The van der Waals surface area contributed by atoms with E-state index in [-0.39, 0.29) is 6.03 Å². The fourth-order valence-corrected chi connectivity index (χ4v) is 3.02. The number of hydrogen-bond donors (Lipinski definition) is 1. The number of hydrogen-bond acceptors (Lipinski definition) is 1. The summed E-state index contributed by atoms with van der Waals surface area (Å²) in [4.78, 5) is 14.2. The molecule has 2 aromatic carbocycles. The van der Waals surface area contributed by atoms with Gasteiger partial charge in [0.2, 0.25) is 0 Å². The Kier molecular flexibility index (Phi) is 2.24. The number of fused-ring (bicyclic) bond motifs is 5. The zero-order valence-corrected chi connectivity index (χ0v) is 11.1. The van der Waals surface area contributed by atoms with E-state index in [4.69, 9.17) is 0 Å². The normalized spacial score (nSPS) is 19.4. The summed E-state index contributed by atoms with van der Waals surface area (Å²) in [6.07, 6.45) is 2.17. The number of carbonyl (C=O) groups is 1. The second-order valence-corrected chi connectivity index (χ2v) is 5.21. The number of carbonyl (C=O) groups excluding carboxylic acids is 1. The van der Waals surface area contributed by atoms with E-state index in [2.05, 4.69) is 24.4 Å². The van der Waals surface area contributed by atoms with E-state index >= 15 is 0 Å². The standard InChI is InChI=1S/C17H14N2O/c1-11-10-16-13-7-2-4-8-14(13)18-17(20)19(16)15-9-5-3-6-12(11)15/h2-11H,1H3,(H,18,20)/t11-/m1/s1. The van der Waals surface area contributed by atoms with Crippen LogP contribution in [0.4, 0.5) is 16.2 Å². The van der Waals surface area contributed by atoms with E-state index in [1.54, 1.807) is 4.90 Å². The number of nitrogens with zero attached hydrogens (tertiary/aromatic N) is 1. The number of amides is 2. The fraction of sp³-hybridized carbons (Fsp3) is 0.118. The molecule has 2 aliphatic rings. The minimum atomic E-state index is -0.0886. The number of para-hydroxylation sites is 2. The van der Waals surface area contributed by atoms with Crippen molar-refractivity contribution in [3.8, 4) is 0 Å². The Morgan fingerprint density at radius 2 is 1.80 bits per heavy atom. The Balaban J connectivity index is 1.98. The summed E-state index contributed by atoms with van der Waals surface area (Å²) in [6, 6.07) is 15.9. The Morgan fingerprint density at radius 1 is 1.05 bits per heavy atom. The van der Waals surface area contributed by atoms with E-state index in [9.17, 15) is 4.79 Å². The highest BCUT2D eigenvalue weighted by molar-refractivity contribution is 6.17. The number of nitrogens with one attached hydrogen (secondary N) is 1. The molecular weight excluding hydrogens is 248 g/mol. The van der Waals surface area contributed by atoms with Gasteiger partial charge in [-0.25, -0.2) is 4.79 Å². The Hall–Kier alpha value is -2.55. The second kappa shape index (κ2) is 3.97. The van der Waals surface area contributed by atoms with Crippen LogP contribution < -0.4 is 10.2 Å². The van der Waals surface area contributed by atoms with Crippen LogP contribution in [0, 0.1) is 0 Å². The molecule has 0 saturated carbocycles. The molecule has 0 bridgehead atoms. The molecule has 0 fully saturated rings. The molecule has 0 spiro atoms. The van der Waals surface area contributed by atoms with Crippen LogP contribution in [0.3, 0.4) is 0 Å². The molecule has 2 heterocycles. The number of rotatable bonds is 0. The van der Waals surface area contributed by atoms with Gasteiger partial charge in [-0.05, 0) is 17.7 Å². The lowest BCUT2D eigenvalue weighted by atomic mass is 9.90. The minimum absolute atomic E-state index is 0.0886. The van der Waals surface area contributed by atoms with Gasteiger partial charge in [-0.15, -0.1) is 0 Å². The molecule has 2 aromatic rings. The molecule has 0 radical (unpaired) electrons. The number of allylic oxidation sites excluding steroid dienone is 1. The SMILES string of the molecule is C[C@@H]1C=C2c3ccccc3NC(=O)N2c2ccccc21. The van der Waals surface area contributed by atoms with E-state index in [0.29, 0.717) is 5.92 Å². The molecule has 0 unspecified atom stereocenters. The lowest BCUT2D eigenvalue weighted by Gasteiger charge is -2.37. The van der Waals surface area contributed by atoms with Gasteiger partial charge in [-0.2, -0.15) is 0 Å². The fourth-order valence-electron chi connectivity index (χ4n) is 3.02. The highest BCUT2D eigenvalue weighted by Gasteiger charge is 2.33. The molecule has 2 aliphatic heterocycles. The zero-order valence-electron chi connectivity index (χ0n) is 11.1. The van der Waals surface area contributed by atoms with Crippen LogP contribution in [-0.2, 0) is 0 Å². The van der Waals surface area contributed by atoms with Crippen molar-refractivity contribution in [2.45, 2.75) is 12.8 Å². The average molecular weight is 262 g/mol. The lowest BCUT2D eigenvalue weighted by Crippen LogP contribution is -2.39. The minimum Gasteiger partial charge on any atom is -0.307 e. The van der Waals surface area contributed by atoms with Gasteiger partial charge in [-0.3, -0.25) is 4.90 Å². The molecule has 0 aromatic heterocycles. The molecule has 0 aliphatic carbocycles. The van der Waals surface area contributed by atoms with Gasteiger partial charge >= 0.3 is 6.03 Å². The summed E-state index contributed by atoms with van der Waals surface area (Å²) in [6.45, 7) is 2.16. The molecule has 2 amide bonds. The third kappa shape index (κ3) is 1.43. The highest BCUT2D eigenvalue weighted by Crippen LogP contribution is 2.43. The van der Waals surface area contributed by atoms with Gasteiger partial charge in [0.15, 0.2) is 0 Å². The summed E-state index contributed by atoms with van der Waals surface area (Å²) in [5.74, 6) is 0.302. The van der Waals surface area contributed by atoms with Crippen molar-refractivity contribution >= 4 is 23.1 Å². The number of benzene rings is 2. The van der Waals surface area contributed by atoms with Gasteiger partial charge in [0, 0.05) is 11.5 Å². The first kappa shape index (κ1) is 11.3. The van der Waals surface area contributed by atoms with Gasteiger partial charge in [-0.1, -0.05) is 49.4 Å². The maximum absolute atomic E-state index is 12.4. The van der Waals surface area contributed by atoms with Crippen molar-refractivity contribution in [1.82, 2.24) is 0 Å². The summed E-state index contributed by atoms with van der Waals surface area (Å²) in [5.41, 5.74) is 5.10. The van der Waals surface area contributed by atoms with Crippen molar-refractivity contribution in [1.29, 1.82) is 0 Å². The van der Waals surface area contributed by atoms with Crippen LogP contribution in [0.1, 0.15) is 24.0 Å². The first-order valence-electron chi connectivity index (χ1n) is 6.77. The van der Waals surface area contributed by atoms with E-state index in [1.165, 1.54) is 5.56 Å². The monoisotopic (exact) mass is 262 g/mol. The van der Waals surface area contributed by atoms with Crippen molar-refractivity contribution in [2.75, 3.05) is 10.2 Å². The molecule has 4 rings (SSSR count). The smallest absolute Gasteiger partial charge is 0.307 e. The third-order valence-corrected chi connectivity index (χ3v) is 3.96. The van der Waals surface area contributed by atoms with Crippen molar-refractivity contribution in [3.05, 3.63) is 65.7 Å². The van der Waals surface area contributed by atoms with E-state index < -0.39 is 0 Å². The van der Waals surface area contributed by atoms with Crippen LogP contribution in [0.25, 0.3) is 5.70 Å². The maximum Gasteiger partial charge on any atom is 0.330 e. The van der Waals surface area contributed by atoms with Gasteiger partial charge in [0.1, 0.15) is 0 Å².